The standard InChI is InChI=1S/C9H18O3/c1-6(2)9(12)5-8(11)4-7(3)10/h6,8-9,11-12H,4-5H2,1-3H3/t8?,9-/m0/s1. The van der Waals surface area contributed by atoms with Crippen molar-refractivity contribution in [3.8, 4) is 0 Å². The van der Waals surface area contributed by atoms with Gasteiger partial charge in [0.2, 0.25) is 0 Å². The van der Waals surface area contributed by atoms with Gasteiger partial charge in [-0.15, -0.1) is 0 Å². The molecule has 0 bridgehead atoms. The Morgan fingerprint density at radius 1 is 1.33 bits per heavy atom. The maximum Gasteiger partial charge on any atom is 0.132 e. The van der Waals surface area contributed by atoms with E-state index in [0.717, 1.165) is 0 Å². The Balaban J connectivity index is 3.68. The molecule has 12 heavy (non-hydrogen) atoms. The zero-order valence-electron chi connectivity index (χ0n) is 7.95. The van der Waals surface area contributed by atoms with Gasteiger partial charge in [0.25, 0.3) is 0 Å². The van der Waals surface area contributed by atoms with Crippen LogP contribution in [0.4, 0.5) is 0 Å². The number of hydrogen-bond acceptors (Lipinski definition) is 3. The molecule has 0 aliphatic carbocycles. The first kappa shape index (κ1) is 11.6. The minimum atomic E-state index is -0.695. The molecule has 72 valence electrons. The summed E-state index contributed by atoms with van der Waals surface area (Å²) in [7, 11) is 0. The van der Waals surface area contributed by atoms with E-state index in [4.69, 9.17) is 0 Å². The van der Waals surface area contributed by atoms with Gasteiger partial charge in [-0.05, 0) is 19.3 Å². The number of Topliss-reactive ketones (excluding diaryl/α,β-unsaturated/α-hetero) is 1. The molecule has 0 amide bonds. The Morgan fingerprint density at radius 2 is 1.83 bits per heavy atom. The molecule has 0 rings (SSSR count). The van der Waals surface area contributed by atoms with Crippen LogP contribution in [0.2, 0.25) is 0 Å². The molecule has 0 spiro atoms. The van der Waals surface area contributed by atoms with Crippen LogP contribution in [-0.4, -0.2) is 28.2 Å². The summed E-state index contributed by atoms with van der Waals surface area (Å²) in [6.07, 6.45) is -0.777. The van der Waals surface area contributed by atoms with E-state index in [-0.39, 0.29) is 24.5 Å². The molecule has 0 aliphatic heterocycles. The molecular weight excluding hydrogens is 156 g/mol. The van der Waals surface area contributed by atoms with Gasteiger partial charge in [-0.25, -0.2) is 0 Å². The fourth-order valence-corrected chi connectivity index (χ4v) is 0.966. The van der Waals surface area contributed by atoms with Crippen LogP contribution in [0.25, 0.3) is 0 Å². The predicted molar refractivity (Wildman–Crippen MR) is 46.8 cm³/mol. The van der Waals surface area contributed by atoms with Crippen molar-refractivity contribution in [3.63, 3.8) is 0 Å². The molecule has 0 saturated heterocycles. The summed E-state index contributed by atoms with van der Waals surface area (Å²) in [4.78, 5) is 10.6. The van der Waals surface area contributed by atoms with E-state index >= 15 is 0 Å². The first-order valence-electron chi connectivity index (χ1n) is 4.29. The molecule has 3 nitrogen and oxygen atoms in total. The fraction of sp³-hybridized carbons (Fsp3) is 0.889. The first-order chi connectivity index (χ1) is 5.43. The molecule has 0 aliphatic rings. The number of carbonyl (C=O) groups excluding carboxylic acids is 1. The third-order valence-electron chi connectivity index (χ3n) is 1.81. The van der Waals surface area contributed by atoms with Crippen LogP contribution in [0.1, 0.15) is 33.6 Å². The van der Waals surface area contributed by atoms with Crippen molar-refractivity contribution >= 4 is 5.78 Å². The number of rotatable bonds is 5. The number of aliphatic hydroxyl groups is 2. The molecule has 0 aromatic heterocycles. The van der Waals surface area contributed by atoms with E-state index in [9.17, 15) is 15.0 Å². The second-order valence-electron chi connectivity index (χ2n) is 3.61. The van der Waals surface area contributed by atoms with Crippen LogP contribution >= 0.6 is 0 Å². The summed E-state index contributed by atoms with van der Waals surface area (Å²) >= 11 is 0. The van der Waals surface area contributed by atoms with E-state index in [0.29, 0.717) is 0 Å². The average molecular weight is 174 g/mol. The van der Waals surface area contributed by atoms with Gasteiger partial charge in [0.15, 0.2) is 0 Å². The lowest BCUT2D eigenvalue weighted by atomic mass is 9.99. The lowest BCUT2D eigenvalue weighted by Crippen LogP contribution is -2.23. The van der Waals surface area contributed by atoms with Crippen molar-refractivity contribution in [2.75, 3.05) is 0 Å². The van der Waals surface area contributed by atoms with Gasteiger partial charge in [0.1, 0.15) is 5.78 Å². The third-order valence-corrected chi connectivity index (χ3v) is 1.81. The molecule has 0 saturated carbocycles. The van der Waals surface area contributed by atoms with E-state index in [1.54, 1.807) is 0 Å². The van der Waals surface area contributed by atoms with Crippen LogP contribution in [-0.2, 0) is 4.79 Å². The lowest BCUT2D eigenvalue weighted by molar-refractivity contribution is -0.119. The van der Waals surface area contributed by atoms with Gasteiger partial charge in [-0.2, -0.15) is 0 Å². The van der Waals surface area contributed by atoms with Gasteiger partial charge >= 0.3 is 0 Å². The highest BCUT2D eigenvalue weighted by atomic mass is 16.3. The highest BCUT2D eigenvalue weighted by Gasteiger charge is 2.15. The van der Waals surface area contributed by atoms with Crippen LogP contribution in [0.15, 0.2) is 0 Å². The smallest absolute Gasteiger partial charge is 0.132 e. The Kier molecular flexibility index (Phi) is 5.09. The Hall–Kier alpha value is -0.410. The van der Waals surface area contributed by atoms with Gasteiger partial charge < -0.3 is 10.2 Å². The van der Waals surface area contributed by atoms with E-state index in [2.05, 4.69) is 0 Å². The summed E-state index contributed by atoms with van der Waals surface area (Å²) in [5.41, 5.74) is 0. The highest BCUT2D eigenvalue weighted by Crippen LogP contribution is 2.10. The normalized spacial score (nSPS) is 16.2. The second kappa shape index (κ2) is 5.27. The van der Waals surface area contributed by atoms with Crippen molar-refractivity contribution in [2.45, 2.75) is 45.8 Å². The summed E-state index contributed by atoms with van der Waals surface area (Å²) in [5.74, 6) is 0.0880. The van der Waals surface area contributed by atoms with Gasteiger partial charge in [-0.3, -0.25) is 4.79 Å². The summed E-state index contributed by atoms with van der Waals surface area (Å²) in [6.45, 7) is 5.20. The summed E-state index contributed by atoms with van der Waals surface area (Å²) in [6, 6.07) is 0. The number of aliphatic hydroxyl groups excluding tert-OH is 2. The molecule has 3 heteroatoms. The molecule has 0 radical (unpaired) electrons. The van der Waals surface area contributed by atoms with Crippen molar-refractivity contribution in [1.82, 2.24) is 0 Å². The van der Waals surface area contributed by atoms with Crippen LogP contribution < -0.4 is 0 Å². The molecule has 0 fully saturated rings. The average Bonchev–Trinajstić information content (AvgIpc) is 1.84. The molecular formula is C9H18O3. The van der Waals surface area contributed by atoms with E-state index in [1.165, 1.54) is 6.92 Å². The topological polar surface area (TPSA) is 57.5 Å². The molecule has 0 aromatic carbocycles. The Labute approximate surface area is 73.4 Å². The minimum Gasteiger partial charge on any atom is -0.393 e. The van der Waals surface area contributed by atoms with E-state index in [1.807, 2.05) is 13.8 Å². The maximum absolute atomic E-state index is 10.6. The van der Waals surface area contributed by atoms with Crippen molar-refractivity contribution in [2.24, 2.45) is 5.92 Å². The zero-order valence-corrected chi connectivity index (χ0v) is 7.95. The van der Waals surface area contributed by atoms with Gasteiger partial charge in [-0.1, -0.05) is 13.8 Å². The van der Waals surface area contributed by atoms with E-state index < -0.39 is 12.2 Å². The first-order valence-corrected chi connectivity index (χ1v) is 4.29. The Bertz CT molecular complexity index is 143. The minimum absolute atomic E-state index is 0.0431. The van der Waals surface area contributed by atoms with Crippen LogP contribution in [0, 0.1) is 5.92 Å². The third kappa shape index (κ3) is 5.27. The number of carbonyl (C=O) groups is 1. The predicted octanol–water partition coefficient (Wildman–Crippen LogP) is 0.733. The molecule has 1 unspecified atom stereocenters. The second-order valence-corrected chi connectivity index (χ2v) is 3.61. The largest absolute Gasteiger partial charge is 0.393 e. The lowest BCUT2D eigenvalue weighted by Gasteiger charge is -2.17. The monoisotopic (exact) mass is 174 g/mol. The Morgan fingerprint density at radius 3 is 2.17 bits per heavy atom. The SMILES string of the molecule is CC(=O)CC(O)C[C@H](O)C(C)C. The quantitative estimate of drug-likeness (QED) is 0.646. The molecule has 0 heterocycles. The molecule has 2 N–H and O–H groups in total. The van der Waals surface area contributed by atoms with Crippen LogP contribution in [0.3, 0.4) is 0 Å². The summed E-state index contributed by atoms with van der Waals surface area (Å²) in [5, 5.41) is 18.6. The maximum atomic E-state index is 10.6. The number of ketones is 1. The summed E-state index contributed by atoms with van der Waals surface area (Å²) < 4.78 is 0. The number of hydrogen-bond donors (Lipinski definition) is 2. The van der Waals surface area contributed by atoms with Gasteiger partial charge in [0, 0.05) is 6.42 Å². The van der Waals surface area contributed by atoms with Crippen LogP contribution in [0.5, 0.6) is 0 Å². The molecule has 0 aromatic rings. The zero-order chi connectivity index (χ0) is 9.72. The fourth-order valence-electron chi connectivity index (χ4n) is 0.966. The molecule has 2 atom stereocenters. The highest BCUT2D eigenvalue weighted by molar-refractivity contribution is 5.75. The van der Waals surface area contributed by atoms with Crippen molar-refractivity contribution < 1.29 is 15.0 Å². The van der Waals surface area contributed by atoms with Gasteiger partial charge in [0.05, 0.1) is 12.2 Å². The van der Waals surface area contributed by atoms with Crippen molar-refractivity contribution in [3.05, 3.63) is 0 Å². The van der Waals surface area contributed by atoms with Crippen molar-refractivity contribution in [1.29, 1.82) is 0 Å².